The summed E-state index contributed by atoms with van der Waals surface area (Å²) >= 11 is 1.80. The number of hydrogen-bond acceptors (Lipinski definition) is 6. The Morgan fingerprint density at radius 3 is 2.85 bits per heavy atom. The van der Waals surface area contributed by atoms with E-state index in [-0.39, 0.29) is 12.0 Å². The van der Waals surface area contributed by atoms with Crippen LogP contribution in [0.3, 0.4) is 0 Å². The maximum atomic E-state index is 5.72. The molecule has 0 aromatic carbocycles. The normalized spacial score (nSPS) is 12.8. The third-order valence-electron chi connectivity index (χ3n) is 3.20. The van der Waals surface area contributed by atoms with Gasteiger partial charge in [0, 0.05) is 9.75 Å². The predicted molar refractivity (Wildman–Crippen MR) is 81.9 cm³/mol. The first-order chi connectivity index (χ1) is 9.54. The Morgan fingerprint density at radius 1 is 1.35 bits per heavy atom. The number of fused-ring (bicyclic) bond motifs is 1. The van der Waals surface area contributed by atoms with Crippen molar-refractivity contribution in [2.75, 3.05) is 11.1 Å². The first-order valence-corrected chi connectivity index (χ1v) is 7.16. The van der Waals surface area contributed by atoms with E-state index in [4.69, 9.17) is 5.73 Å². The maximum absolute atomic E-state index is 5.72. The minimum Gasteiger partial charge on any atom is -0.368 e. The lowest BCUT2D eigenvalue weighted by Gasteiger charge is -2.15. The number of aromatic amines is 1. The van der Waals surface area contributed by atoms with E-state index in [0.29, 0.717) is 11.5 Å². The van der Waals surface area contributed by atoms with Crippen molar-refractivity contribution in [3.05, 3.63) is 27.7 Å². The smallest absolute Gasteiger partial charge is 0.224 e. The van der Waals surface area contributed by atoms with Gasteiger partial charge in [0.2, 0.25) is 5.95 Å². The second kappa shape index (κ2) is 4.75. The summed E-state index contributed by atoms with van der Waals surface area (Å²) in [5.74, 6) is 0.901. The lowest BCUT2D eigenvalue weighted by Crippen LogP contribution is -2.10. The van der Waals surface area contributed by atoms with Crippen molar-refractivity contribution in [1.82, 2.24) is 19.9 Å². The number of aryl methyl sites for hydroxylation is 2. The molecule has 3 heterocycles. The number of aromatic nitrogens is 4. The standard InChI is InChI=1S/C13H16N6S/c1-6-4-9(8(3)20-6)7(2)17-12-10-11(16-5-15-10)18-13(14)19-12/h4-5,7H,1-3H3,(H4,14,15,16,17,18,19). The van der Waals surface area contributed by atoms with Crippen LogP contribution in [-0.4, -0.2) is 19.9 Å². The van der Waals surface area contributed by atoms with E-state index in [1.54, 1.807) is 17.7 Å². The first-order valence-electron chi connectivity index (χ1n) is 6.34. The lowest BCUT2D eigenvalue weighted by atomic mass is 10.1. The number of nitrogens with two attached hydrogens (primary N) is 1. The fraction of sp³-hybridized carbons (Fsp3) is 0.308. The zero-order chi connectivity index (χ0) is 14.3. The maximum Gasteiger partial charge on any atom is 0.224 e. The monoisotopic (exact) mass is 288 g/mol. The highest BCUT2D eigenvalue weighted by Crippen LogP contribution is 2.29. The summed E-state index contributed by atoms with van der Waals surface area (Å²) in [7, 11) is 0. The van der Waals surface area contributed by atoms with E-state index >= 15 is 0 Å². The zero-order valence-corrected chi connectivity index (χ0v) is 12.4. The van der Waals surface area contributed by atoms with E-state index in [9.17, 15) is 0 Å². The molecule has 3 rings (SSSR count). The molecule has 0 aliphatic carbocycles. The fourth-order valence-corrected chi connectivity index (χ4v) is 3.34. The van der Waals surface area contributed by atoms with Crippen molar-refractivity contribution < 1.29 is 0 Å². The van der Waals surface area contributed by atoms with Crippen molar-refractivity contribution in [3.63, 3.8) is 0 Å². The van der Waals surface area contributed by atoms with Gasteiger partial charge in [0.1, 0.15) is 5.52 Å². The van der Waals surface area contributed by atoms with Crippen molar-refractivity contribution in [2.24, 2.45) is 0 Å². The van der Waals surface area contributed by atoms with Crippen molar-refractivity contribution in [3.8, 4) is 0 Å². The largest absolute Gasteiger partial charge is 0.368 e. The molecule has 0 saturated heterocycles. The van der Waals surface area contributed by atoms with Crippen molar-refractivity contribution >= 4 is 34.3 Å². The van der Waals surface area contributed by atoms with Gasteiger partial charge in [-0.1, -0.05) is 0 Å². The van der Waals surface area contributed by atoms with Crippen LogP contribution in [0, 0.1) is 13.8 Å². The van der Waals surface area contributed by atoms with Crippen LogP contribution in [0.1, 0.15) is 28.3 Å². The fourth-order valence-electron chi connectivity index (χ4n) is 2.32. The van der Waals surface area contributed by atoms with Gasteiger partial charge in [0.05, 0.1) is 12.4 Å². The van der Waals surface area contributed by atoms with Crippen LogP contribution >= 0.6 is 11.3 Å². The summed E-state index contributed by atoms with van der Waals surface area (Å²) in [6.45, 7) is 6.35. The number of rotatable bonds is 3. The van der Waals surface area contributed by atoms with Gasteiger partial charge in [-0.3, -0.25) is 0 Å². The Morgan fingerprint density at radius 2 is 2.15 bits per heavy atom. The van der Waals surface area contributed by atoms with E-state index < -0.39 is 0 Å². The average molecular weight is 288 g/mol. The predicted octanol–water partition coefficient (Wildman–Crippen LogP) is 2.79. The number of nitrogen functional groups attached to an aromatic ring is 1. The van der Waals surface area contributed by atoms with Crippen LogP contribution in [-0.2, 0) is 0 Å². The van der Waals surface area contributed by atoms with Gasteiger partial charge in [0.15, 0.2) is 11.5 Å². The molecule has 0 saturated carbocycles. The van der Waals surface area contributed by atoms with Crippen LogP contribution < -0.4 is 11.1 Å². The molecule has 3 aromatic heterocycles. The second-order valence-electron chi connectivity index (χ2n) is 4.77. The summed E-state index contributed by atoms with van der Waals surface area (Å²) in [5, 5.41) is 3.39. The van der Waals surface area contributed by atoms with Gasteiger partial charge in [0.25, 0.3) is 0 Å². The highest BCUT2D eigenvalue weighted by molar-refractivity contribution is 7.12. The molecule has 0 aliphatic rings. The summed E-state index contributed by atoms with van der Waals surface area (Å²) in [6, 6.07) is 2.34. The van der Waals surface area contributed by atoms with E-state index in [2.05, 4.69) is 52.1 Å². The quantitative estimate of drug-likeness (QED) is 0.689. The summed E-state index contributed by atoms with van der Waals surface area (Å²) in [4.78, 5) is 18.1. The topological polar surface area (TPSA) is 92.5 Å². The SMILES string of the molecule is Cc1cc(C(C)Nc2nc(N)nc3nc[nH]c23)c(C)s1. The molecule has 0 bridgehead atoms. The number of H-pyrrole nitrogens is 1. The molecule has 1 atom stereocenters. The highest BCUT2D eigenvalue weighted by atomic mass is 32.1. The third kappa shape index (κ3) is 2.20. The van der Waals surface area contributed by atoms with Crippen molar-refractivity contribution in [2.45, 2.75) is 26.8 Å². The van der Waals surface area contributed by atoms with Gasteiger partial charge in [-0.15, -0.1) is 11.3 Å². The Labute approximate surface area is 120 Å². The van der Waals surface area contributed by atoms with E-state index in [1.807, 2.05) is 0 Å². The number of thiophene rings is 1. The van der Waals surface area contributed by atoms with Gasteiger partial charge in [-0.05, 0) is 32.4 Å². The zero-order valence-electron chi connectivity index (χ0n) is 11.6. The minimum atomic E-state index is 0.140. The van der Waals surface area contributed by atoms with Crippen LogP contribution in [0.25, 0.3) is 11.2 Å². The number of hydrogen-bond donors (Lipinski definition) is 3. The molecule has 104 valence electrons. The van der Waals surface area contributed by atoms with Crippen LogP contribution in [0.2, 0.25) is 0 Å². The molecule has 0 amide bonds. The van der Waals surface area contributed by atoms with Gasteiger partial charge < -0.3 is 16.0 Å². The van der Waals surface area contributed by atoms with Gasteiger partial charge >= 0.3 is 0 Å². The van der Waals surface area contributed by atoms with Crippen molar-refractivity contribution in [1.29, 1.82) is 0 Å². The highest BCUT2D eigenvalue weighted by Gasteiger charge is 2.15. The molecule has 4 N–H and O–H groups in total. The molecule has 0 radical (unpaired) electrons. The van der Waals surface area contributed by atoms with Gasteiger partial charge in [-0.2, -0.15) is 9.97 Å². The lowest BCUT2D eigenvalue weighted by molar-refractivity contribution is 0.873. The van der Waals surface area contributed by atoms with Gasteiger partial charge in [-0.25, -0.2) is 4.98 Å². The molecule has 20 heavy (non-hydrogen) atoms. The Balaban J connectivity index is 1.96. The third-order valence-corrected chi connectivity index (χ3v) is 4.18. The molecular formula is C13H16N6S. The summed E-state index contributed by atoms with van der Waals surface area (Å²) in [5.41, 5.74) is 8.34. The molecule has 0 fully saturated rings. The van der Waals surface area contributed by atoms with Crippen LogP contribution in [0.15, 0.2) is 12.4 Å². The van der Waals surface area contributed by atoms with Crippen LogP contribution in [0.4, 0.5) is 11.8 Å². The molecule has 3 aromatic rings. The molecule has 1 unspecified atom stereocenters. The van der Waals surface area contributed by atoms with E-state index in [1.165, 1.54) is 15.3 Å². The molecular weight excluding hydrogens is 272 g/mol. The molecule has 6 nitrogen and oxygen atoms in total. The number of nitrogens with zero attached hydrogens (tertiary/aromatic N) is 3. The average Bonchev–Trinajstić information content (AvgIpc) is 2.95. The Hall–Kier alpha value is -2.15. The first kappa shape index (κ1) is 12.9. The number of anilines is 2. The minimum absolute atomic E-state index is 0.140. The Bertz CT molecular complexity index is 759. The van der Waals surface area contributed by atoms with Crippen LogP contribution in [0.5, 0.6) is 0 Å². The number of imidazole rings is 1. The van der Waals surface area contributed by atoms with E-state index in [0.717, 1.165) is 5.52 Å². The molecule has 0 aliphatic heterocycles. The second-order valence-corrected chi connectivity index (χ2v) is 6.23. The summed E-state index contributed by atoms with van der Waals surface area (Å²) < 4.78 is 0. The summed E-state index contributed by atoms with van der Waals surface area (Å²) in [6.07, 6.45) is 1.59. The molecule has 7 heteroatoms. The Kier molecular flexibility index (Phi) is 3.06. The molecule has 0 spiro atoms. The number of nitrogens with one attached hydrogen (secondary N) is 2.